The number of rotatable bonds is 7. The van der Waals surface area contributed by atoms with Gasteiger partial charge in [0.25, 0.3) is 0 Å². The number of benzene rings is 1. The van der Waals surface area contributed by atoms with Crippen molar-refractivity contribution >= 4 is 29.7 Å². The van der Waals surface area contributed by atoms with Gasteiger partial charge in [-0.15, -0.1) is 12.6 Å². The molecule has 0 heterocycles. The molecule has 1 aromatic carbocycles. The highest BCUT2D eigenvalue weighted by Gasteiger charge is 2.24. The van der Waals surface area contributed by atoms with E-state index in [0.29, 0.717) is 0 Å². The predicted octanol–water partition coefficient (Wildman–Crippen LogP) is 1.51. The van der Waals surface area contributed by atoms with Gasteiger partial charge < -0.3 is 15.4 Å². The highest BCUT2D eigenvalue weighted by atomic mass is 32.1. The number of ether oxygens (including phenoxy) is 1. The molecule has 0 saturated heterocycles. The minimum atomic E-state index is -0.782. The average Bonchev–Trinajstić information content (AvgIpc) is 2.49. The minimum absolute atomic E-state index is 0.119. The van der Waals surface area contributed by atoms with E-state index in [2.05, 4.69) is 23.3 Å². The van der Waals surface area contributed by atoms with E-state index in [-0.39, 0.29) is 19.1 Å². The van der Waals surface area contributed by atoms with Gasteiger partial charge >= 0.3 is 6.09 Å². The van der Waals surface area contributed by atoms with E-state index in [4.69, 9.17) is 4.74 Å². The fraction of sp³-hybridized carbons (Fsp3) is 0.400. The number of carbonyl (C=O) groups excluding carboxylic acids is 3. The Bertz CT molecular complexity index is 520. The summed E-state index contributed by atoms with van der Waals surface area (Å²) in [5.41, 5.74) is 0.851. The molecule has 120 valence electrons. The van der Waals surface area contributed by atoms with Gasteiger partial charge in [-0.25, -0.2) is 4.79 Å². The summed E-state index contributed by atoms with van der Waals surface area (Å²) in [6.45, 7) is 3.49. The van der Waals surface area contributed by atoms with Gasteiger partial charge in [0.05, 0.1) is 6.54 Å². The van der Waals surface area contributed by atoms with Crippen molar-refractivity contribution in [3.05, 3.63) is 35.9 Å². The number of carbonyl (C=O) groups is 3. The van der Waals surface area contributed by atoms with Crippen LogP contribution in [-0.2, 0) is 20.9 Å². The molecule has 0 spiro atoms. The lowest BCUT2D eigenvalue weighted by atomic mass is 10.0. The highest BCUT2D eigenvalue weighted by molar-refractivity contribution is 7.96. The van der Waals surface area contributed by atoms with Crippen LogP contribution in [0.15, 0.2) is 30.3 Å². The van der Waals surface area contributed by atoms with Crippen LogP contribution >= 0.6 is 12.6 Å². The molecule has 7 heteroatoms. The zero-order valence-corrected chi connectivity index (χ0v) is 13.4. The third kappa shape index (κ3) is 6.62. The second-order valence-corrected chi connectivity index (χ2v) is 5.54. The highest BCUT2D eigenvalue weighted by Crippen LogP contribution is 2.04. The Morgan fingerprint density at radius 3 is 2.36 bits per heavy atom. The van der Waals surface area contributed by atoms with Crippen LogP contribution in [0.5, 0.6) is 0 Å². The van der Waals surface area contributed by atoms with Crippen molar-refractivity contribution in [3.8, 4) is 0 Å². The lowest BCUT2D eigenvalue weighted by Crippen LogP contribution is -2.50. The molecule has 0 aliphatic heterocycles. The van der Waals surface area contributed by atoms with Crippen LogP contribution < -0.4 is 10.6 Å². The van der Waals surface area contributed by atoms with Gasteiger partial charge in [-0.3, -0.25) is 9.59 Å². The zero-order chi connectivity index (χ0) is 16.5. The number of amides is 2. The van der Waals surface area contributed by atoms with E-state index in [0.717, 1.165) is 5.56 Å². The first-order valence-corrected chi connectivity index (χ1v) is 7.31. The summed E-state index contributed by atoms with van der Waals surface area (Å²) in [5.74, 6) is -0.603. The number of hydrogen-bond acceptors (Lipinski definition) is 4. The maximum Gasteiger partial charge on any atom is 0.408 e. The molecule has 1 atom stereocenters. The van der Waals surface area contributed by atoms with Crippen LogP contribution in [0.4, 0.5) is 4.79 Å². The van der Waals surface area contributed by atoms with Crippen molar-refractivity contribution < 1.29 is 19.1 Å². The Kier molecular flexibility index (Phi) is 7.45. The molecule has 2 N–H and O–H groups in total. The van der Waals surface area contributed by atoms with Crippen LogP contribution in [0.3, 0.4) is 0 Å². The Labute approximate surface area is 135 Å². The number of nitrogens with one attached hydrogen (secondary N) is 2. The fourth-order valence-electron chi connectivity index (χ4n) is 1.70. The van der Waals surface area contributed by atoms with Gasteiger partial charge in [0.2, 0.25) is 11.0 Å². The van der Waals surface area contributed by atoms with Crippen molar-refractivity contribution in [2.75, 3.05) is 6.54 Å². The third-order valence-corrected chi connectivity index (χ3v) is 3.01. The Balaban J connectivity index is 2.50. The van der Waals surface area contributed by atoms with Crippen LogP contribution in [0.25, 0.3) is 0 Å². The quantitative estimate of drug-likeness (QED) is 0.664. The summed E-state index contributed by atoms with van der Waals surface area (Å²) in [5, 5.41) is 4.45. The molecule has 0 aromatic heterocycles. The predicted molar refractivity (Wildman–Crippen MR) is 85.4 cm³/mol. The maximum atomic E-state index is 11.9. The molecule has 22 heavy (non-hydrogen) atoms. The first-order valence-electron chi connectivity index (χ1n) is 6.87. The molecular weight excluding hydrogens is 304 g/mol. The van der Waals surface area contributed by atoms with E-state index in [1.165, 1.54) is 0 Å². The van der Waals surface area contributed by atoms with Crippen LogP contribution in [-0.4, -0.2) is 29.7 Å². The summed E-state index contributed by atoms with van der Waals surface area (Å²) in [7, 11) is 0. The fourth-order valence-corrected chi connectivity index (χ4v) is 1.78. The van der Waals surface area contributed by atoms with Gasteiger partial charge in [0.15, 0.2) is 0 Å². The standard InChI is InChI=1S/C15H20N2O4S/c1-10(2)13(14(19)16-8-12(18)22)17-15(20)21-9-11-6-4-3-5-7-11/h3-7,10,13H,8-9H2,1-2H3,(H,16,19)(H,17,20)(H,18,22)/t13-/m0/s1. The minimum Gasteiger partial charge on any atom is -0.445 e. The molecule has 2 amide bonds. The number of alkyl carbamates (subject to hydrolysis) is 1. The summed E-state index contributed by atoms with van der Waals surface area (Å²) >= 11 is 3.57. The molecular formula is C15H20N2O4S. The first kappa shape index (κ1) is 18.0. The molecule has 6 nitrogen and oxygen atoms in total. The Hall–Kier alpha value is -2.02. The molecule has 1 rings (SSSR count). The second-order valence-electron chi connectivity index (χ2n) is 5.04. The zero-order valence-electron chi connectivity index (χ0n) is 12.5. The van der Waals surface area contributed by atoms with Crippen LogP contribution in [0.1, 0.15) is 19.4 Å². The van der Waals surface area contributed by atoms with Gasteiger partial charge in [0.1, 0.15) is 12.6 Å². The molecule has 0 bridgehead atoms. The maximum absolute atomic E-state index is 11.9. The van der Waals surface area contributed by atoms with Crippen molar-refractivity contribution in [1.29, 1.82) is 0 Å². The molecule has 0 radical (unpaired) electrons. The van der Waals surface area contributed by atoms with Gasteiger partial charge in [0, 0.05) is 0 Å². The smallest absolute Gasteiger partial charge is 0.408 e. The van der Waals surface area contributed by atoms with Crippen molar-refractivity contribution in [2.45, 2.75) is 26.5 Å². The SMILES string of the molecule is CC(C)[C@H](NC(=O)OCc1ccccc1)C(=O)NCC(=O)S. The van der Waals surface area contributed by atoms with Gasteiger partial charge in [-0.2, -0.15) is 0 Å². The monoisotopic (exact) mass is 324 g/mol. The number of hydrogen-bond donors (Lipinski definition) is 3. The first-order chi connectivity index (χ1) is 10.4. The molecule has 1 aromatic rings. The Morgan fingerprint density at radius 2 is 1.82 bits per heavy atom. The van der Waals surface area contributed by atoms with Crippen molar-refractivity contribution in [1.82, 2.24) is 10.6 Å². The van der Waals surface area contributed by atoms with E-state index < -0.39 is 23.2 Å². The van der Waals surface area contributed by atoms with Crippen LogP contribution in [0.2, 0.25) is 0 Å². The topological polar surface area (TPSA) is 84.5 Å². The normalized spacial score (nSPS) is 11.6. The largest absolute Gasteiger partial charge is 0.445 e. The third-order valence-electron chi connectivity index (χ3n) is 2.85. The van der Waals surface area contributed by atoms with E-state index in [9.17, 15) is 14.4 Å². The molecule has 0 aliphatic rings. The lowest BCUT2D eigenvalue weighted by molar-refractivity contribution is -0.125. The summed E-state index contributed by atoms with van der Waals surface area (Å²) in [4.78, 5) is 34.5. The molecule has 0 saturated carbocycles. The van der Waals surface area contributed by atoms with Crippen molar-refractivity contribution in [2.24, 2.45) is 5.92 Å². The summed E-state index contributed by atoms with van der Waals surface area (Å²) in [6.07, 6.45) is -0.685. The van der Waals surface area contributed by atoms with Gasteiger partial charge in [-0.1, -0.05) is 44.2 Å². The average molecular weight is 324 g/mol. The molecule has 0 aliphatic carbocycles. The van der Waals surface area contributed by atoms with Crippen molar-refractivity contribution in [3.63, 3.8) is 0 Å². The van der Waals surface area contributed by atoms with E-state index in [1.807, 2.05) is 30.3 Å². The lowest BCUT2D eigenvalue weighted by Gasteiger charge is -2.21. The second kappa shape index (κ2) is 9.09. The molecule has 0 fully saturated rings. The van der Waals surface area contributed by atoms with E-state index >= 15 is 0 Å². The molecule has 0 unspecified atom stereocenters. The number of thiol groups is 1. The Morgan fingerprint density at radius 1 is 1.18 bits per heavy atom. The van der Waals surface area contributed by atoms with Gasteiger partial charge in [-0.05, 0) is 11.5 Å². The van der Waals surface area contributed by atoms with Crippen LogP contribution in [0, 0.1) is 5.92 Å². The summed E-state index contributed by atoms with van der Waals surface area (Å²) < 4.78 is 5.07. The van der Waals surface area contributed by atoms with E-state index in [1.54, 1.807) is 13.8 Å². The summed E-state index contributed by atoms with van der Waals surface area (Å²) in [6, 6.07) is 8.43.